The molecule has 0 aromatic carbocycles. The van der Waals surface area contributed by atoms with Gasteiger partial charge in [0.25, 0.3) is 0 Å². The smallest absolute Gasteiger partial charge is 0.187 e. The summed E-state index contributed by atoms with van der Waals surface area (Å²) in [6, 6.07) is 0. The third kappa shape index (κ3) is 1.18. The molecule has 4 heteroatoms. The summed E-state index contributed by atoms with van der Waals surface area (Å²) in [5, 5.41) is 21.3. The van der Waals surface area contributed by atoms with Crippen molar-refractivity contribution in [2.45, 2.75) is 51.7 Å². The minimum atomic E-state index is -1.53. The number of aliphatic hydroxyl groups is 2. The van der Waals surface area contributed by atoms with Crippen molar-refractivity contribution in [2.24, 2.45) is 16.7 Å². The molecule has 2 unspecified atom stereocenters. The molecule has 0 amide bonds. The third-order valence-corrected chi connectivity index (χ3v) is 6.23. The number of carbonyl (C=O) groups excluding carboxylic acids is 2. The Morgan fingerprint density at radius 2 is 1.89 bits per heavy atom. The molecule has 3 rings (SSSR count). The van der Waals surface area contributed by atoms with Gasteiger partial charge in [-0.15, -0.1) is 0 Å². The van der Waals surface area contributed by atoms with Crippen molar-refractivity contribution in [1.29, 1.82) is 0 Å². The van der Waals surface area contributed by atoms with Crippen molar-refractivity contribution >= 4 is 11.6 Å². The molecular weight excluding hydrogens is 244 g/mol. The van der Waals surface area contributed by atoms with Crippen LogP contribution in [0.15, 0.2) is 11.6 Å². The minimum Gasteiger partial charge on any atom is -0.392 e. The van der Waals surface area contributed by atoms with E-state index in [0.717, 1.165) is 5.57 Å². The molecule has 2 N–H and O–H groups in total. The summed E-state index contributed by atoms with van der Waals surface area (Å²) >= 11 is 0. The molecule has 0 saturated heterocycles. The maximum absolute atomic E-state index is 12.4. The molecule has 0 radical (unpaired) electrons. The first-order valence-corrected chi connectivity index (χ1v) is 6.87. The van der Waals surface area contributed by atoms with E-state index in [1.807, 2.05) is 6.92 Å². The zero-order chi connectivity index (χ0) is 14.2. The average Bonchev–Trinajstić information content (AvgIpc) is 2.35. The van der Waals surface area contributed by atoms with E-state index in [1.54, 1.807) is 13.8 Å². The predicted octanol–water partition coefficient (Wildman–Crippen LogP) is 1.00. The Labute approximate surface area is 112 Å². The van der Waals surface area contributed by atoms with Crippen LogP contribution in [0.2, 0.25) is 0 Å². The van der Waals surface area contributed by atoms with Crippen molar-refractivity contribution in [3.05, 3.63) is 11.6 Å². The van der Waals surface area contributed by atoms with E-state index in [1.165, 1.54) is 6.08 Å². The largest absolute Gasteiger partial charge is 0.392 e. The predicted molar refractivity (Wildman–Crippen MR) is 68.3 cm³/mol. The zero-order valence-corrected chi connectivity index (χ0v) is 11.6. The number of Topliss-reactive ketones (excluding diaryl/α,β-unsaturated/α-hetero) is 1. The molecule has 5 atom stereocenters. The van der Waals surface area contributed by atoms with Crippen molar-refractivity contribution in [1.82, 2.24) is 0 Å². The van der Waals surface area contributed by atoms with E-state index in [9.17, 15) is 19.8 Å². The lowest BCUT2D eigenvalue weighted by Gasteiger charge is -2.63. The van der Waals surface area contributed by atoms with Crippen LogP contribution < -0.4 is 0 Å². The molecule has 0 spiro atoms. The number of carbonyl (C=O) groups is 2. The fourth-order valence-electron chi connectivity index (χ4n) is 4.50. The Hall–Kier alpha value is -1.00. The van der Waals surface area contributed by atoms with Crippen molar-refractivity contribution in [2.75, 3.05) is 0 Å². The lowest BCUT2D eigenvalue weighted by molar-refractivity contribution is -0.207. The van der Waals surface area contributed by atoms with E-state index in [2.05, 4.69) is 0 Å². The van der Waals surface area contributed by atoms with Crippen molar-refractivity contribution < 1.29 is 19.8 Å². The molecule has 3 aliphatic carbocycles. The third-order valence-electron chi connectivity index (χ3n) is 6.23. The van der Waals surface area contributed by atoms with Gasteiger partial charge in [-0.2, -0.15) is 0 Å². The number of fused-ring (bicyclic) bond motifs is 1. The Morgan fingerprint density at radius 1 is 1.26 bits per heavy atom. The van der Waals surface area contributed by atoms with Crippen LogP contribution in [-0.4, -0.2) is 33.5 Å². The molecule has 19 heavy (non-hydrogen) atoms. The first-order chi connectivity index (χ1) is 8.68. The van der Waals surface area contributed by atoms with E-state index < -0.39 is 28.5 Å². The second-order valence-electron chi connectivity index (χ2n) is 6.83. The fraction of sp³-hybridized carbons (Fsp3) is 0.733. The van der Waals surface area contributed by atoms with Gasteiger partial charge in [-0.1, -0.05) is 19.4 Å². The number of aliphatic hydroxyl groups excluding tert-OH is 1. The maximum atomic E-state index is 12.4. The lowest BCUT2D eigenvalue weighted by atomic mass is 9.41. The second kappa shape index (κ2) is 3.36. The maximum Gasteiger partial charge on any atom is 0.187 e. The Morgan fingerprint density at radius 3 is 2.53 bits per heavy atom. The highest BCUT2D eigenvalue weighted by atomic mass is 16.3. The van der Waals surface area contributed by atoms with Gasteiger partial charge in [0.05, 0.1) is 11.5 Å². The molecule has 2 fully saturated rings. The van der Waals surface area contributed by atoms with Crippen LogP contribution >= 0.6 is 0 Å². The summed E-state index contributed by atoms with van der Waals surface area (Å²) in [7, 11) is 0. The molecule has 4 nitrogen and oxygen atoms in total. The van der Waals surface area contributed by atoms with Gasteiger partial charge in [0.2, 0.25) is 0 Å². The lowest BCUT2D eigenvalue weighted by Crippen LogP contribution is -2.70. The number of ketones is 2. The van der Waals surface area contributed by atoms with Crippen LogP contribution in [0.1, 0.15) is 40.0 Å². The summed E-state index contributed by atoms with van der Waals surface area (Å²) in [6.07, 6.45) is 1.71. The van der Waals surface area contributed by atoms with Gasteiger partial charge in [0, 0.05) is 17.8 Å². The van der Waals surface area contributed by atoms with Crippen LogP contribution in [0.5, 0.6) is 0 Å². The van der Waals surface area contributed by atoms with Gasteiger partial charge in [0.15, 0.2) is 5.78 Å². The van der Waals surface area contributed by atoms with Gasteiger partial charge in [0.1, 0.15) is 11.4 Å². The van der Waals surface area contributed by atoms with Gasteiger partial charge in [-0.05, 0) is 25.8 Å². The summed E-state index contributed by atoms with van der Waals surface area (Å²) in [6.45, 7) is 5.36. The zero-order valence-electron chi connectivity index (χ0n) is 11.6. The van der Waals surface area contributed by atoms with Crippen LogP contribution in [0.25, 0.3) is 0 Å². The number of rotatable bonds is 0. The van der Waals surface area contributed by atoms with Gasteiger partial charge < -0.3 is 10.2 Å². The van der Waals surface area contributed by atoms with Crippen LogP contribution in [0, 0.1) is 16.7 Å². The molecule has 0 aromatic heterocycles. The van der Waals surface area contributed by atoms with E-state index in [-0.39, 0.29) is 18.0 Å². The number of allylic oxidation sites excluding steroid dienone is 1. The summed E-state index contributed by atoms with van der Waals surface area (Å²) in [5.41, 5.74) is -2.13. The quantitative estimate of drug-likeness (QED) is 0.684. The summed E-state index contributed by atoms with van der Waals surface area (Å²) in [5.74, 6) is -0.899. The summed E-state index contributed by atoms with van der Waals surface area (Å²) in [4.78, 5) is 24.6. The molecular formula is C15H20O4. The molecule has 2 bridgehead atoms. The van der Waals surface area contributed by atoms with Crippen LogP contribution in [0.3, 0.4) is 0 Å². The van der Waals surface area contributed by atoms with Gasteiger partial charge >= 0.3 is 0 Å². The molecule has 0 aromatic rings. The number of hydrogen-bond donors (Lipinski definition) is 2. The van der Waals surface area contributed by atoms with Crippen LogP contribution in [0.4, 0.5) is 0 Å². The van der Waals surface area contributed by atoms with Crippen molar-refractivity contribution in [3.63, 3.8) is 0 Å². The Bertz CT molecular complexity index is 522. The Kier molecular flexibility index (Phi) is 2.30. The minimum absolute atomic E-state index is 0.0444. The van der Waals surface area contributed by atoms with Crippen LogP contribution in [-0.2, 0) is 9.59 Å². The molecule has 0 aliphatic heterocycles. The fourth-order valence-corrected chi connectivity index (χ4v) is 4.50. The molecule has 3 aliphatic rings. The second-order valence-corrected chi connectivity index (χ2v) is 6.83. The van der Waals surface area contributed by atoms with Gasteiger partial charge in [-0.3, -0.25) is 9.59 Å². The first kappa shape index (κ1) is 13.0. The standard InChI is InChI=1S/C15H20O4/c1-8-12(18)14(3)10(16)5-4-9-6-11(17)15(8,19)7-13(9,14)2/h6,8,12,18-19H,4-5,7H2,1-3H3/t8?,12?,13-,14-,15+/m0/s1. The molecule has 0 heterocycles. The monoisotopic (exact) mass is 264 g/mol. The molecule has 2 saturated carbocycles. The number of hydrogen-bond acceptors (Lipinski definition) is 4. The Balaban J connectivity index is 2.30. The highest BCUT2D eigenvalue weighted by molar-refractivity contribution is 6.01. The summed E-state index contributed by atoms with van der Waals surface area (Å²) < 4.78 is 0. The van der Waals surface area contributed by atoms with E-state index >= 15 is 0 Å². The SMILES string of the molecule is CC1C(O)[C@]2(C)C(=O)CCC3=CC(=O)[C@@]1(O)C[C@@]32C. The van der Waals surface area contributed by atoms with Gasteiger partial charge in [-0.25, -0.2) is 0 Å². The molecule has 104 valence electrons. The highest BCUT2D eigenvalue weighted by Gasteiger charge is 2.69. The average molecular weight is 264 g/mol. The van der Waals surface area contributed by atoms with E-state index in [4.69, 9.17) is 0 Å². The topological polar surface area (TPSA) is 74.6 Å². The highest BCUT2D eigenvalue weighted by Crippen LogP contribution is 2.64. The first-order valence-electron chi connectivity index (χ1n) is 6.87. The van der Waals surface area contributed by atoms with E-state index in [0.29, 0.717) is 12.8 Å². The normalized spacial score (nSPS) is 53.0. The van der Waals surface area contributed by atoms with Crippen molar-refractivity contribution in [3.8, 4) is 0 Å².